The Hall–Kier alpha value is -7.32. The van der Waals surface area contributed by atoms with Gasteiger partial charge in [-0.25, -0.2) is 9.13 Å². The van der Waals surface area contributed by atoms with Crippen LogP contribution in [0, 0.1) is 0 Å². The molecule has 0 N–H and O–H groups in total. The number of hydrogen-bond acceptors (Lipinski definition) is 6. The van der Waals surface area contributed by atoms with E-state index in [0.717, 1.165) is 126 Å². The van der Waals surface area contributed by atoms with Crippen LogP contribution < -0.4 is 28.1 Å². The van der Waals surface area contributed by atoms with E-state index in [1.54, 1.807) is 0 Å². The van der Waals surface area contributed by atoms with Crippen LogP contribution in [0.1, 0.15) is 180 Å². The normalized spacial score (nSPS) is 19.0. The highest BCUT2D eigenvalue weighted by molar-refractivity contribution is 5.63. The summed E-state index contributed by atoms with van der Waals surface area (Å²) in [6.45, 7) is 3.23. The van der Waals surface area contributed by atoms with Crippen LogP contribution in [0.4, 0.5) is 0 Å². The largest absolute Gasteiger partial charge is 0.496 e. The zero-order chi connectivity index (χ0) is 55.2. The molecule has 0 spiro atoms. The minimum atomic E-state index is 0.319. The number of unbranched alkanes of at least 4 members (excludes halogenated alkanes) is 2. The van der Waals surface area contributed by atoms with Crippen molar-refractivity contribution in [3.63, 3.8) is 0 Å². The molecule has 5 aliphatic rings. The molecule has 420 valence electrons. The van der Waals surface area contributed by atoms with E-state index in [4.69, 9.17) is 18.9 Å². The predicted molar refractivity (Wildman–Crippen MR) is 326 cm³/mol. The van der Waals surface area contributed by atoms with Gasteiger partial charge in [-0.2, -0.15) is 0 Å². The molecule has 82 heavy (non-hydrogen) atoms. The Morgan fingerprint density at radius 3 is 1.02 bits per heavy atom. The first-order valence-electron chi connectivity index (χ1n) is 31.3. The summed E-state index contributed by atoms with van der Waals surface area (Å²) in [5.74, 6) is 5.65. The van der Waals surface area contributed by atoms with Crippen LogP contribution in [-0.2, 0) is 51.6 Å². The summed E-state index contributed by atoms with van der Waals surface area (Å²) < 4.78 is 32.9. The number of fused-ring (bicyclic) bond motifs is 8. The van der Waals surface area contributed by atoms with Crippen molar-refractivity contribution >= 4 is 0 Å². The van der Waals surface area contributed by atoms with Crippen molar-refractivity contribution in [1.29, 1.82) is 0 Å². The predicted octanol–water partition coefficient (Wildman–Crippen LogP) is 15.5. The molecule has 0 amide bonds. The number of rotatable bonds is 16. The topological polar surface area (TPSA) is 70.5 Å². The third-order valence-electron chi connectivity index (χ3n) is 19.1. The van der Waals surface area contributed by atoms with Crippen LogP contribution in [0.2, 0.25) is 0 Å². The smallest absolute Gasteiger partial charge is 0.169 e. The SMILES string of the molecule is COc1c2cc3cc1[C@H]1CC[C@H]1c1cc(cc(c1OCCCC[n+]1ccc(-c4ccncc4)cc1)Cc1cc4cc(c1OC)[C@H]1CC[C@H]1c1cc(cc(c1OCCCC[n+]1ccc(-c5ccncc5)cc1)C2)CCCCC4)CCCCC3. The molecule has 8 aromatic rings. The molecule has 2 fully saturated rings. The van der Waals surface area contributed by atoms with Gasteiger partial charge in [-0.1, -0.05) is 61.4 Å². The van der Waals surface area contributed by atoms with Crippen molar-refractivity contribution in [3.8, 4) is 45.3 Å². The monoisotopic (exact) mass is 1090 g/mol. The number of pyridine rings is 4. The summed E-state index contributed by atoms with van der Waals surface area (Å²) in [6.07, 6.45) is 37.7. The standard InChI is InChI=1S/C74H82N4O4/c1-79-71-59-41-51-13-5-3-7-16-54-44-62(74(69(47-54)65-19-17-63(65)67(71)45-51)82-40-12-10-34-78-37-27-58(28-38-78)56-23-31-76-32-24-56)50-60-42-52-14-6-4-8-15-53-43-61(49-59)73(70(48-53)66-20-18-64(66)68(46-52)72(60)80-2)81-39-11-9-33-77-35-25-57(26-36-77)55-21-29-75-30-22-55/h21-32,35-38,41-48,63-66H,3-20,33-34,39-40,49-50H2,1-2H3/q+2/t63-,64-,65+,66+/m0/s1. The molecule has 8 nitrogen and oxygen atoms in total. The number of aryl methyl sites for hydroxylation is 6. The van der Waals surface area contributed by atoms with E-state index < -0.39 is 0 Å². The van der Waals surface area contributed by atoms with Crippen molar-refractivity contribution in [2.45, 2.75) is 165 Å². The quantitative estimate of drug-likeness (QED) is 0.0709. The molecule has 0 radical (unpaired) electrons. The molecule has 4 heterocycles. The zero-order valence-electron chi connectivity index (χ0n) is 48.6. The Balaban J connectivity index is 0.872. The maximum Gasteiger partial charge on any atom is 0.169 e. The highest BCUT2D eigenvalue weighted by Crippen LogP contribution is 2.58. The van der Waals surface area contributed by atoms with Crippen molar-refractivity contribution in [2.75, 3.05) is 27.4 Å². The number of methoxy groups -OCH3 is 2. The van der Waals surface area contributed by atoms with Gasteiger partial charge in [0.15, 0.2) is 24.8 Å². The number of benzene rings is 4. The summed E-state index contributed by atoms with van der Waals surface area (Å²) in [7, 11) is 3.85. The van der Waals surface area contributed by atoms with Crippen LogP contribution in [0.5, 0.6) is 23.0 Å². The van der Waals surface area contributed by atoms with Gasteiger partial charge in [-0.05, 0) is 227 Å². The Kier molecular flexibility index (Phi) is 16.5. The molecule has 12 bridgehead atoms. The van der Waals surface area contributed by atoms with Gasteiger partial charge in [0.05, 0.1) is 27.4 Å². The number of ether oxygens (including phenoxy) is 4. The fraction of sp³-hybridized carbons (Fsp3) is 0.405. The van der Waals surface area contributed by atoms with E-state index in [1.165, 1.54) is 128 Å². The summed E-state index contributed by atoms with van der Waals surface area (Å²) in [5, 5.41) is 0. The number of hydrogen-bond donors (Lipinski definition) is 0. The van der Waals surface area contributed by atoms with Gasteiger partial charge in [0.2, 0.25) is 0 Å². The lowest BCUT2D eigenvalue weighted by Crippen LogP contribution is -2.32. The summed E-state index contributed by atoms with van der Waals surface area (Å²) in [5.41, 5.74) is 21.4. The minimum Gasteiger partial charge on any atom is -0.496 e. The molecule has 4 aromatic carbocycles. The van der Waals surface area contributed by atoms with Crippen molar-refractivity contribution in [2.24, 2.45) is 0 Å². The van der Waals surface area contributed by atoms with Crippen molar-refractivity contribution < 1.29 is 28.1 Å². The van der Waals surface area contributed by atoms with Crippen LogP contribution in [0.3, 0.4) is 0 Å². The Labute approximate surface area is 487 Å². The summed E-state index contributed by atoms with van der Waals surface area (Å²) >= 11 is 0. The van der Waals surface area contributed by atoms with E-state index in [0.29, 0.717) is 36.9 Å². The molecule has 8 heteroatoms. The second-order valence-corrected chi connectivity index (χ2v) is 24.4. The molecule has 4 aromatic heterocycles. The third-order valence-corrected chi connectivity index (χ3v) is 19.1. The van der Waals surface area contributed by atoms with E-state index in [9.17, 15) is 0 Å². The highest BCUT2D eigenvalue weighted by atomic mass is 16.5. The van der Waals surface area contributed by atoms with Gasteiger partial charge in [0, 0.05) is 74.7 Å². The first-order chi connectivity index (χ1) is 40.5. The molecular weight excluding hydrogens is 1010 g/mol. The Morgan fingerprint density at radius 1 is 0.378 bits per heavy atom. The lowest BCUT2D eigenvalue weighted by molar-refractivity contribution is -0.697. The lowest BCUT2D eigenvalue weighted by Gasteiger charge is -2.41. The molecule has 0 aliphatic heterocycles. The highest BCUT2D eigenvalue weighted by Gasteiger charge is 2.41. The van der Waals surface area contributed by atoms with Crippen molar-refractivity contribution in [3.05, 3.63) is 213 Å². The molecular formula is C74H82N4O4+2. The van der Waals surface area contributed by atoms with Crippen molar-refractivity contribution in [1.82, 2.24) is 9.97 Å². The molecule has 4 atom stereocenters. The van der Waals surface area contributed by atoms with Gasteiger partial charge in [0.25, 0.3) is 0 Å². The van der Waals surface area contributed by atoms with Gasteiger partial charge >= 0.3 is 0 Å². The van der Waals surface area contributed by atoms with Crippen LogP contribution in [0.15, 0.2) is 147 Å². The maximum atomic E-state index is 7.36. The Bertz CT molecular complexity index is 3260. The van der Waals surface area contributed by atoms with Crippen LogP contribution in [0.25, 0.3) is 22.3 Å². The molecule has 13 rings (SSSR count). The zero-order valence-corrected chi connectivity index (χ0v) is 48.6. The maximum absolute atomic E-state index is 7.36. The third kappa shape index (κ3) is 11.7. The van der Waals surface area contributed by atoms with Gasteiger partial charge in [0.1, 0.15) is 36.1 Å². The van der Waals surface area contributed by atoms with Gasteiger partial charge in [-0.15, -0.1) is 0 Å². The van der Waals surface area contributed by atoms with E-state index in [-0.39, 0.29) is 0 Å². The average Bonchev–Trinajstić information content (AvgIpc) is 3.63. The molecule has 0 unspecified atom stereocenters. The van der Waals surface area contributed by atoms with E-state index >= 15 is 0 Å². The summed E-state index contributed by atoms with van der Waals surface area (Å²) in [4.78, 5) is 8.43. The van der Waals surface area contributed by atoms with E-state index in [1.807, 2.05) is 39.0 Å². The van der Waals surface area contributed by atoms with E-state index in [2.05, 4.69) is 141 Å². The fourth-order valence-electron chi connectivity index (χ4n) is 14.6. The minimum absolute atomic E-state index is 0.319. The van der Waals surface area contributed by atoms with Crippen LogP contribution >= 0.6 is 0 Å². The van der Waals surface area contributed by atoms with Gasteiger partial charge in [-0.3, -0.25) is 9.97 Å². The fourth-order valence-corrected chi connectivity index (χ4v) is 14.6. The molecule has 5 aliphatic carbocycles. The second-order valence-electron chi connectivity index (χ2n) is 24.4. The second kappa shape index (κ2) is 25.0. The number of nitrogens with zero attached hydrogens (tertiary/aromatic N) is 4. The molecule has 2 saturated carbocycles. The lowest BCUT2D eigenvalue weighted by atomic mass is 9.64. The number of aromatic nitrogens is 4. The first-order valence-corrected chi connectivity index (χ1v) is 31.3. The average molecular weight is 1090 g/mol. The van der Waals surface area contributed by atoms with Gasteiger partial charge < -0.3 is 18.9 Å². The summed E-state index contributed by atoms with van der Waals surface area (Å²) in [6, 6.07) is 37.5. The first kappa shape index (κ1) is 54.0. The molecule has 0 saturated heterocycles. The van der Waals surface area contributed by atoms with Crippen LogP contribution in [-0.4, -0.2) is 37.4 Å². The Morgan fingerprint density at radius 2 is 0.695 bits per heavy atom.